The van der Waals surface area contributed by atoms with E-state index in [0.717, 1.165) is 19.3 Å². The smallest absolute Gasteiger partial charge is 0.109 e. The van der Waals surface area contributed by atoms with E-state index in [1.165, 1.54) is 0 Å². The SMILES string of the molecule is OC(c1cccnc1)C1(O)CCCCC1. The fraction of sp³-hybridized carbons (Fsp3) is 0.583. The number of rotatable bonds is 2. The second-order valence-electron chi connectivity index (χ2n) is 4.35. The van der Waals surface area contributed by atoms with Gasteiger partial charge in [-0.05, 0) is 18.9 Å². The van der Waals surface area contributed by atoms with Crippen molar-refractivity contribution in [2.24, 2.45) is 0 Å². The lowest BCUT2D eigenvalue weighted by atomic mass is 9.79. The molecule has 1 fully saturated rings. The number of pyridine rings is 1. The first-order valence-electron chi connectivity index (χ1n) is 5.53. The van der Waals surface area contributed by atoms with Crippen molar-refractivity contribution in [3.8, 4) is 0 Å². The van der Waals surface area contributed by atoms with Crippen LogP contribution in [0.5, 0.6) is 0 Å². The maximum Gasteiger partial charge on any atom is 0.109 e. The second kappa shape index (κ2) is 4.29. The van der Waals surface area contributed by atoms with E-state index in [0.29, 0.717) is 18.4 Å². The zero-order chi connectivity index (χ0) is 10.7. The van der Waals surface area contributed by atoms with Crippen LogP contribution in [-0.2, 0) is 0 Å². The number of hydrogen-bond acceptors (Lipinski definition) is 3. The van der Waals surface area contributed by atoms with Crippen molar-refractivity contribution < 1.29 is 10.2 Å². The third kappa shape index (κ3) is 2.19. The first-order valence-corrected chi connectivity index (χ1v) is 5.53. The molecule has 1 saturated carbocycles. The molecule has 0 saturated heterocycles. The standard InChI is InChI=1S/C12H17NO2/c14-11(10-5-4-8-13-9-10)12(15)6-2-1-3-7-12/h4-5,8-9,11,14-15H,1-3,6-7H2. The van der Waals surface area contributed by atoms with Crippen LogP contribution in [-0.4, -0.2) is 20.8 Å². The van der Waals surface area contributed by atoms with E-state index < -0.39 is 11.7 Å². The highest BCUT2D eigenvalue weighted by atomic mass is 16.3. The van der Waals surface area contributed by atoms with Crippen molar-refractivity contribution in [2.75, 3.05) is 0 Å². The third-order valence-corrected chi connectivity index (χ3v) is 3.23. The molecule has 1 aliphatic carbocycles. The van der Waals surface area contributed by atoms with Crippen LogP contribution in [0.4, 0.5) is 0 Å². The van der Waals surface area contributed by atoms with Gasteiger partial charge in [-0.25, -0.2) is 0 Å². The number of aliphatic hydroxyl groups excluding tert-OH is 1. The van der Waals surface area contributed by atoms with E-state index >= 15 is 0 Å². The van der Waals surface area contributed by atoms with Crippen LogP contribution in [0, 0.1) is 0 Å². The maximum absolute atomic E-state index is 10.3. The molecule has 1 heterocycles. The van der Waals surface area contributed by atoms with Crippen LogP contribution >= 0.6 is 0 Å². The van der Waals surface area contributed by atoms with E-state index in [-0.39, 0.29) is 0 Å². The molecule has 1 aliphatic rings. The van der Waals surface area contributed by atoms with Crippen LogP contribution in [0.25, 0.3) is 0 Å². The summed E-state index contributed by atoms with van der Waals surface area (Å²) in [6, 6.07) is 3.59. The van der Waals surface area contributed by atoms with Gasteiger partial charge in [0.15, 0.2) is 0 Å². The predicted molar refractivity (Wildman–Crippen MR) is 57.2 cm³/mol. The molecule has 1 aromatic heterocycles. The summed E-state index contributed by atoms with van der Waals surface area (Å²) in [5.41, 5.74) is -0.233. The zero-order valence-electron chi connectivity index (χ0n) is 8.76. The molecular weight excluding hydrogens is 190 g/mol. The van der Waals surface area contributed by atoms with Crippen LogP contribution in [0.2, 0.25) is 0 Å². The molecule has 1 atom stereocenters. The van der Waals surface area contributed by atoms with Crippen LogP contribution in [0.3, 0.4) is 0 Å². The third-order valence-electron chi connectivity index (χ3n) is 3.23. The fourth-order valence-electron chi connectivity index (χ4n) is 2.29. The van der Waals surface area contributed by atoms with Gasteiger partial charge in [0.05, 0.1) is 5.60 Å². The molecular formula is C12H17NO2. The van der Waals surface area contributed by atoms with E-state index in [4.69, 9.17) is 0 Å². The molecule has 3 heteroatoms. The Morgan fingerprint density at radius 3 is 2.60 bits per heavy atom. The van der Waals surface area contributed by atoms with E-state index in [2.05, 4.69) is 4.98 Å². The molecule has 2 rings (SSSR count). The Labute approximate surface area is 89.8 Å². The van der Waals surface area contributed by atoms with Gasteiger partial charge in [-0.1, -0.05) is 25.3 Å². The van der Waals surface area contributed by atoms with Gasteiger partial charge < -0.3 is 10.2 Å². The van der Waals surface area contributed by atoms with Gasteiger partial charge in [0.2, 0.25) is 0 Å². The fourth-order valence-corrected chi connectivity index (χ4v) is 2.29. The Morgan fingerprint density at radius 2 is 2.00 bits per heavy atom. The molecule has 0 aliphatic heterocycles. The minimum Gasteiger partial charge on any atom is -0.387 e. The molecule has 0 radical (unpaired) electrons. The summed E-state index contributed by atoms with van der Waals surface area (Å²) < 4.78 is 0. The zero-order valence-corrected chi connectivity index (χ0v) is 8.76. The van der Waals surface area contributed by atoms with Gasteiger partial charge in [0.25, 0.3) is 0 Å². The Morgan fingerprint density at radius 1 is 1.27 bits per heavy atom. The average molecular weight is 207 g/mol. The average Bonchev–Trinajstić information content (AvgIpc) is 2.30. The van der Waals surface area contributed by atoms with Gasteiger partial charge in [0.1, 0.15) is 6.10 Å². The van der Waals surface area contributed by atoms with Crippen LogP contribution in [0.1, 0.15) is 43.8 Å². The Balaban J connectivity index is 2.16. The van der Waals surface area contributed by atoms with E-state index in [9.17, 15) is 10.2 Å². The second-order valence-corrected chi connectivity index (χ2v) is 4.35. The molecule has 3 nitrogen and oxygen atoms in total. The van der Waals surface area contributed by atoms with Crippen molar-refractivity contribution >= 4 is 0 Å². The van der Waals surface area contributed by atoms with Crippen LogP contribution < -0.4 is 0 Å². The molecule has 15 heavy (non-hydrogen) atoms. The van der Waals surface area contributed by atoms with Gasteiger partial charge in [0, 0.05) is 18.0 Å². The Bertz CT molecular complexity index is 307. The molecule has 2 N–H and O–H groups in total. The Hall–Kier alpha value is -0.930. The lowest BCUT2D eigenvalue weighted by Crippen LogP contribution is -2.38. The largest absolute Gasteiger partial charge is 0.387 e. The van der Waals surface area contributed by atoms with Crippen LogP contribution in [0.15, 0.2) is 24.5 Å². The summed E-state index contributed by atoms with van der Waals surface area (Å²) in [6.45, 7) is 0. The highest BCUT2D eigenvalue weighted by Crippen LogP contribution is 2.37. The Kier molecular flexibility index (Phi) is 3.03. The topological polar surface area (TPSA) is 53.4 Å². The quantitative estimate of drug-likeness (QED) is 0.777. The van der Waals surface area contributed by atoms with Crippen molar-refractivity contribution in [1.82, 2.24) is 4.98 Å². The minimum absolute atomic E-state index is 0.684. The maximum atomic E-state index is 10.3. The van der Waals surface area contributed by atoms with Gasteiger partial charge in [-0.2, -0.15) is 0 Å². The van der Waals surface area contributed by atoms with Gasteiger partial charge in [-0.15, -0.1) is 0 Å². The first kappa shape index (κ1) is 10.6. The summed E-state index contributed by atoms with van der Waals surface area (Å²) in [6.07, 6.45) is 7.00. The number of aliphatic hydroxyl groups is 2. The lowest BCUT2D eigenvalue weighted by Gasteiger charge is -2.36. The summed E-state index contributed by atoms with van der Waals surface area (Å²) in [7, 11) is 0. The molecule has 1 aromatic rings. The normalized spacial score (nSPS) is 22.3. The molecule has 0 aromatic carbocycles. The summed E-state index contributed by atoms with van der Waals surface area (Å²) >= 11 is 0. The molecule has 0 spiro atoms. The lowest BCUT2D eigenvalue weighted by molar-refractivity contribution is -0.0992. The first-order chi connectivity index (χ1) is 7.22. The summed E-state index contributed by atoms with van der Waals surface area (Å²) in [4.78, 5) is 3.96. The predicted octanol–water partition coefficient (Wildman–Crippen LogP) is 1.81. The highest BCUT2D eigenvalue weighted by Gasteiger charge is 2.37. The number of hydrogen-bond donors (Lipinski definition) is 2. The molecule has 1 unspecified atom stereocenters. The monoisotopic (exact) mass is 207 g/mol. The van der Waals surface area contributed by atoms with Gasteiger partial charge >= 0.3 is 0 Å². The minimum atomic E-state index is -0.943. The van der Waals surface area contributed by atoms with Crippen molar-refractivity contribution in [2.45, 2.75) is 43.8 Å². The number of nitrogens with zero attached hydrogens (tertiary/aromatic N) is 1. The number of aromatic nitrogens is 1. The van der Waals surface area contributed by atoms with Gasteiger partial charge in [-0.3, -0.25) is 4.98 Å². The van der Waals surface area contributed by atoms with E-state index in [1.54, 1.807) is 18.5 Å². The van der Waals surface area contributed by atoms with Crippen molar-refractivity contribution in [3.63, 3.8) is 0 Å². The van der Waals surface area contributed by atoms with E-state index in [1.807, 2.05) is 6.07 Å². The van der Waals surface area contributed by atoms with Crippen molar-refractivity contribution in [3.05, 3.63) is 30.1 Å². The van der Waals surface area contributed by atoms with Crippen molar-refractivity contribution in [1.29, 1.82) is 0 Å². The highest BCUT2D eigenvalue weighted by molar-refractivity contribution is 5.16. The molecule has 0 amide bonds. The molecule has 82 valence electrons. The molecule has 0 bridgehead atoms. The summed E-state index contributed by atoms with van der Waals surface area (Å²) in [5, 5.41) is 20.4. The summed E-state index contributed by atoms with van der Waals surface area (Å²) in [5.74, 6) is 0.